The standard InChI is InChI=1S/C24H39N3O4/c1-5-9-24(29,10-6-2)19-25-16-20-7-8-22(30-4)23(15-20)31-18-21(28)17-27-13-11-26(3)12-14-27/h5-8,15,21,25,28-29H,1-2,9-14,16-19H2,3-4H3. The van der Waals surface area contributed by atoms with Crippen molar-refractivity contribution >= 4 is 0 Å². The molecule has 2 rings (SSSR count). The largest absolute Gasteiger partial charge is 0.493 e. The van der Waals surface area contributed by atoms with Crippen LogP contribution in [-0.2, 0) is 6.54 Å². The predicted octanol–water partition coefficient (Wildman–Crippen LogP) is 1.66. The van der Waals surface area contributed by atoms with Gasteiger partial charge < -0.3 is 29.9 Å². The molecule has 1 atom stereocenters. The highest BCUT2D eigenvalue weighted by molar-refractivity contribution is 5.43. The Morgan fingerprint density at radius 1 is 1.16 bits per heavy atom. The number of rotatable bonds is 14. The summed E-state index contributed by atoms with van der Waals surface area (Å²) in [6, 6.07) is 5.73. The van der Waals surface area contributed by atoms with Crippen molar-refractivity contribution < 1.29 is 19.7 Å². The molecule has 0 amide bonds. The molecule has 7 heteroatoms. The average Bonchev–Trinajstić information content (AvgIpc) is 2.74. The van der Waals surface area contributed by atoms with Crippen molar-refractivity contribution in [2.24, 2.45) is 0 Å². The van der Waals surface area contributed by atoms with Gasteiger partial charge in [0.25, 0.3) is 0 Å². The van der Waals surface area contributed by atoms with Gasteiger partial charge in [-0.2, -0.15) is 0 Å². The molecular formula is C24H39N3O4. The number of benzene rings is 1. The van der Waals surface area contributed by atoms with Gasteiger partial charge in [0.2, 0.25) is 0 Å². The Hall–Kier alpha value is -1.90. The third kappa shape index (κ3) is 8.63. The number of hydrogen-bond acceptors (Lipinski definition) is 7. The monoisotopic (exact) mass is 433 g/mol. The van der Waals surface area contributed by atoms with Crippen molar-refractivity contribution in [3.05, 3.63) is 49.1 Å². The maximum atomic E-state index is 10.6. The third-order valence-electron chi connectivity index (χ3n) is 5.56. The highest BCUT2D eigenvalue weighted by Gasteiger charge is 2.23. The van der Waals surface area contributed by atoms with Gasteiger partial charge in [0.05, 0.1) is 12.7 Å². The summed E-state index contributed by atoms with van der Waals surface area (Å²) in [7, 11) is 3.72. The second-order valence-electron chi connectivity index (χ2n) is 8.37. The number of aliphatic hydroxyl groups is 2. The van der Waals surface area contributed by atoms with E-state index in [-0.39, 0.29) is 6.61 Å². The zero-order valence-corrected chi connectivity index (χ0v) is 19.1. The quantitative estimate of drug-likeness (QED) is 0.385. The molecule has 0 radical (unpaired) electrons. The maximum absolute atomic E-state index is 10.6. The molecule has 1 aliphatic heterocycles. The van der Waals surface area contributed by atoms with Crippen LogP contribution in [0.2, 0.25) is 0 Å². The Bertz CT molecular complexity index is 679. The van der Waals surface area contributed by atoms with Gasteiger partial charge in [0.1, 0.15) is 12.7 Å². The van der Waals surface area contributed by atoms with Crippen LogP contribution in [0.15, 0.2) is 43.5 Å². The molecule has 1 aliphatic rings. The first-order valence-electron chi connectivity index (χ1n) is 10.9. The van der Waals surface area contributed by atoms with Gasteiger partial charge in [0.15, 0.2) is 11.5 Å². The Morgan fingerprint density at radius 3 is 2.45 bits per heavy atom. The summed E-state index contributed by atoms with van der Waals surface area (Å²) in [5.41, 5.74) is 0.117. The number of piperazine rings is 1. The van der Waals surface area contributed by atoms with Gasteiger partial charge in [-0.05, 0) is 37.6 Å². The number of methoxy groups -OCH3 is 1. The summed E-state index contributed by atoms with van der Waals surface area (Å²) in [6.07, 6.45) is 3.86. The second-order valence-corrected chi connectivity index (χ2v) is 8.37. The van der Waals surface area contributed by atoms with Crippen LogP contribution in [0.3, 0.4) is 0 Å². The molecule has 0 aliphatic carbocycles. The fourth-order valence-electron chi connectivity index (χ4n) is 3.72. The smallest absolute Gasteiger partial charge is 0.161 e. The maximum Gasteiger partial charge on any atom is 0.161 e. The van der Waals surface area contributed by atoms with Crippen LogP contribution >= 0.6 is 0 Å². The summed E-state index contributed by atoms with van der Waals surface area (Å²) in [4.78, 5) is 4.55. The molecule has 0 spiro atoms. The van der Waals surface area contributed by atoms with Crippen LogP contribution in [-0.4, -0.2) is 91.8 Å². The first-order chi connectivity index (χ1) is 14.9. The summed E-state index contributed by atoms with van der Waals surface area (Å²) < 4.78 is 11.3. The molecule has 1 heterocycles. The van der Waals surface area contributed by atoms with E-state index < -0.39 is 11.7 Å². The van der Waals surface area contributed by atoms with Crippen LogP contribution in [0, 0.1) is 0 Å². The lowest BCUT2D eigenvalue weighted by Crippen LogP contribution is -2.47. The Balaban J connectivity index is 1.88. The first-order valence-corrected chi connectivity index (χ1v) is 10.9. The number of β-amino-alcohol motifs (C(OH)–C–C–N with tert-alkyl or cyclic N) is 1. The highest BCUT2D eigenvalue weighted by atomic mass is 16.5. The third-order valence-corrected chi connectivity index (χ3v) is 5.56. The van der Waals surface area contributed by atoms with Gasteiger partial charge in [-0.25, -0.2) is 0 Å². The summed E-state index contributed by atoms with van der Waals surface area (Å²) >= 11 is 0. The van der Waals surface area contributed by atoms with Gasteiger partial charge >= 0.3 is 0 Å². The van der Waals surface area contributed by atoms with E-state index in [1.807, 2.05) is 18.2 Å². The van der Waals surface area contributed by atoms with E-state index in [2.05, 4.69) is 35.3 Å². The van der Waals surface area contributed by atoms with Gasteiger partial charge in [-0.3, -0.25) is 4.90 Å². The molecule has 1 aromatic carbocycles. The molecular weight excluding hydrogens is 394 g/mol. The molecule has 1 fully saturated rings. The van der Waals surface area contributed by atoms with Crippen LogP contribution in [0.25, 0.3) is 0 Å². The van der Waals surface area contributed by atoms with Crippen molar-refractivity contribution in [1.29, 1.82) is 0 Å². The molecule has 3 N–H and O–H groups in total. The highest BCUT2D eigenvalue weighted by Crippen LogP contribution is 2.28. The second kappa shape index (κ2) is 12.8. The molecule has 1 aromatic rings. The molecule has 31 heavy (non-hydrogen) atoms. The molecule has 0 saturated carbocycles. The summed E-state index contributed by atoms with van der Waals surface area (Å²) in [5.74, 6) is 1.23. The average molecular weight is 434 g/mol. The van der Waals surface area contributed by atoms with Crippen LogP contribution in [0.4, 0.5) is 0 Å². The minimum atomic E-state index is -0.886. The number of hydrogen-bond donors (Lipinski definition) is 3. The number of likely N-dealkylation sites (N-methyl/N-ethyl adjacent to an activating group) is 1. The minimum absolute atomic E-state index is 0.206. The van der Waals surface area contributed by atoms with Crippen molar-refractivity contribution in [3.63, 3.8) is 0 Å². The fourth-order valence-corrected chi connectivity index (χ4v) is 3.72. The first kappa shape index (κ1) is 25.4. The van der Waals surface area contributed by atoms with E-state index in [0.29, 0.717) is 44.0 Å². The Kier molecular flexibility index (Phi) is 10.5. The SMILES string of the molecule is C=CCC(O)(CC=C)CNCc1ccc(OC)c(OCC(O)CN2CCN(C)CC2)c1. The molecule has 0 bridgehead atoms. The number of aliphatic hydroxyl groups excluding tert-OH is 1. The molecule has 174 valence electrons. The zero-order valence-electron chi connectivity index (χ0n) is 19.1. The lowest BCUT2D eigenvalue weighted by molar-refractivity contribution is 0.0459. The number of nitrogens with one attached hydrogen (secondary N) is 1. The van der Waals surface area contributed by atoms with Gasteiger partial charge in [-0.1, -0.05) is 18.2 Å². The van der Waals surface area contributed by atoms with Gasteiger partial charge in [-0.15, -0.1) is 13.2 Å². The van der Waals surface area contributed by atoms with Crippen LogP contribution in [0.5, 0.6) is 11.5 Å². The molecule has 1 unspecified atom stereocenters. The Labute approximate surface area is 187 Å². The lowest BCUT2D eigenvalue weighted by Gasteiger charge is -2.33. The number of nitrogens with zero attached hydrogens (tertiary/aromatic N) is 2. The predicted molar refractivity (Wildman–Crippen MR) is 125 cm³/mol. The van der Waals surface area contributed by atoms with E-state index in [9.17, 15) is 10.2 Å². The van der Waals surface area contributed by atoms with Crippen molar-refractivity contribution in [2.75, 3.05) is 60.0 Å². The summed E-state index contributed by atoms with van der Waals surface area (Å²) in [6.45, 7) is 13.2. The molecule has 1 saturated heterocycles. The zero-order chi connectivity index (χ0) is 22.7. The van der Waals surface area contributed by atoms with Gasteiger partial charge in [0, 0.05) is 45.8 Å². The van der Waals surface area contributed by atoms with E-state index in [4.69, 9.17) is 9.47 Å². The van der Waals surface area contributed by atoms with E-state index in [0.717, 1.165) is 31.7 Å². The minimum Gasteiger partial charge on any atom is -0.493 e. The lowest BCUT2D eigenvalue weighted by atomic mass is 9.95. The van der Waals surface area contributed by atoms with Crippen LogP contribution in [0.1, 0.15) is 18.4 Å². The van der Waals surface area contributed by atoms with E-state index in [1.165, 1.54) is 0 Å². The van der Waals surface area contributed by atoms with E-state index >= 15 is 0 Å². The van der Waals surface area contributed by atoms with E-state index in [1.54, 1.807) is 19.3 Å². The fraction of sp³-hybridized carbons (Fsp3) is 0.583. The normalized spacial score (nSPS) is 16.6. The molecule has 0 aromatic heterocycles. The van der Waals surface area contributed by atoms with Crippen molar-refractivity contribution in [2.45, 2.75) is 31.1 Å². The molecule has 7 nitrogen and oxygen atoms in total. The Morgan fingerprint density at radius 2 is 1.84 bits per heavy atom. The number of ether oxygens (including phenoxy) is 2. The van der Waals surface area contributed by atoms with Crippen LogP contribution < -0.4 is 14.8 Å². The summed E-state index contributed by atoms with van der Waals surface area (Å²) in [5, 5.41) is 24.3. The van der Waals surface area contributed by atoms with Crippen molar-refractivity contribution in [1.82, 2.24) is 15.1 Å². The topological polar surface area (TPSA) is 77.4 Å². The van der Waals surface area contributed by atoms with Crippen molar-refractivity contribution in [3.8, 4) is 11.5 Å².